The van der Waals surface area contributed by atoms with Crippen molar-refractivity contribution in [2.24, 2.45) is 5.92 Å². The summed E-state index contributed by atoms with van der Waals surface area (Å²) in [5, 5.41) is 3.59. The van der Waals surface area contributed by atoms with E-state index in [0.717, 1.165) is 41.6 Å². The molecule has 2 aromatic heterocycles. The van der Waals surface area contributed by atoms with E-state index in [-0.39, 0.29) is 0 Å². The summed E-state index contributed by atoms with van der Waals surface area (Å²) in [7, 11) is 0. The third-order valence-electron chi connectivity index (χ3n) is 4.33. The molecule has 114 valence electrons. The van der Waals surface area contributed by atoms with E-state index in [2.05, 4.69) is 21.8 Å². The largest absolute Gasteiger partial charge is 0.296 e. The third kappa shape index (κ3) is 3.74. The van der Waals surface area contributed by atoms with Gasteiger partial charge in [0.15, 0.2) is 0 Å². The maximum Gasteiger partial charge on any atom is 0.145 e. The zero-order chi connectivity index (χ0) is 14.7. The van der Waals surface area contributed by atoms with Gasteiger partial charge in [-0.05, 0) is 49.7 Å². The van der Waals surface area contributed by atoms with Gasteiger partial charge in [0.1, 0.15) is 15.8 Å². The standard InChI is InChI=1S/C16H22ClN3S/c1-2-4-12-5-3-8-20(9-6-12)11-14-18-15(17)13-7-10-21-16(13)19-14/h7,10,12H,2-6,8-9,11H2,1H3. The summed E-state index contributed by atoms with van der Waals surface area (Å²) in [6.45, 7) is 5.43. The van der Waals surface area contributed by atoms with Crippen molar-refractivity contribution in [2.45, 2.75) is 45.6 Å². The van der Waals surface area contributed by atoms with Crippen LogP contribution in [0.5, 0.6) is 0 Å². The topological polar surface area (TPSA) is 29.0 Å². The quantitative estimate of drug-likeness (QED) is 0.760. The normalized spacial score (nSPS) is 20.8. The van der Waals surface area contributed by atoms with Gasteiger partial charge in [0, 0.05) is 5.39 Å². The monoisotopic (exact) mass is 323 g/mol. The Bertz CT molecular complexity index is 598. The van der Waals surface area contributed by atoms with Crippen LogP contribution in [-0.2, 0) is 6.54 Å². The van der Waals surface area contributed by atoms with Gasteiger partial charge in [0.05, 0.1) is 6.54 Å². The molecule has 1 aliphatic rings. The van der Waals surface area contributed by atoms with Crippen molar-refractivity contribution in [1.29, 1.82) is 0 Å². The van der Waals surface area contributed by atoms with E-state index in [4.69, 9.17) is 11.6 Å². The summed E-state index contributed by atoms with van der Waals surface area (Å²) in [5.41, 5.74) is 0. The molecule has 3 rings (SSSR count). The molecule has 21 heavy (non-hydrogen) atoms. The van der Waals surface area contributed by atoms with Gasteiger partial charge < -0.3 is 0 Å². The van der Waals surface area contributed by atoms with Gasteiger partial charge in [0.25, 0.3) is 0 Å². The van der Waals surface area contributed by atoms with Crippen molar-refractivity contribution in [3.05, 3.63) is 22.4 Å². The van der Waals surface area contributed by atoms with Crippen LogP contribution in [0.2, 0.25) is 5.15 Å². The fraction of sp³-hybridized carbons (Fsp3) is 0.625. The summed E-state index contributed by atoms with van der Waals surface area (Å²) in [6.07, 6.45) is 6.65. The van der Waals surface area contributed by atoms with Crippen LogP contribution in [-0.4, -0.2) is 28.0 Å². The van der Waals surface area contributed by atoms with Gasteiger partial charge in [0.2, 0.25) is 0 Å². The minimum Gasteiger partial charge on any atom is -0.296 e. The summed E-state index contributed by atoms with van der Waals surface area (Å²) in [5.74, 6) is 1.77. The SMILES string of the molecule is CCCC1CCCN(Cc2nc(Cl)c3ccsc3n2)CC1. The molecule has 0 N–H and O–H groups in total. The first-order valence-corrected chi connectivity index (χ1v) is 9.14. The van der Waals surface area contributed by atoms with Crippen LogP contribution < -0.4 is 0 Å². The lowest BCUT2D eigenvalue weighted by Gasteiger charge is -2.19. The molecule has 0 radical (unpaired) electrons. The van der Waals surface area contributed by atoms with Gasteiger partial charge in [-0.2, -0.15) is 0 Å². The van der Waals surface area contributed by atoms with Crippen LogP contribution in [0.25, 0.3) is 10.2 Å². The van der Waals surface area contributed by atoms with Gasteiger partial charge in [-0.15, -0.1) is 11.3 Å². The fourth-order valence-electron chi connectivity index (χ4n) is 3.21. The molecule has 2 aromatic rings. The number of likely N-dealkylation sites (tertiary alicyclic amines) is 1. The Morgan fingerprint density at radius 3 is 3.10 bits per heavy atom. The van der Waals surface area contributed by atoms with E-state index in [0.29, 0.717) is 5.15 Å². The van der Waals surface area contributed by atoms with Gasteiger partial charge in [-0.1, -0.05) is 31.4 Å². The third-order valence-corrected chi connectivity index (χ3v) is 5.42. The predicted octanol–water partition coefficient (Wildman–Crippen LogP) is 4.75. The van der Waals surface area contributed by atoms with Crippen LogP contribution >= 0.6 is 22.9 Å². The van der Waals surface area contributed by atoms with Crippen molar-refractivity contribution >= 4 is 33.2 Å². The molecule has 0 amide bonds. The molecule has 1 fully saturated rings. The Kier molecular flexibility index (Phi) is 5.09. The Morgan fingerprint density at radius 2 is 2.24 bits per heavy atom. The lowest BCUT2D eigenvalue weighted by atomic mass is 9.96. The molecule has 0 bridgehead atoms. The molecular weight excluding hydrogens is 302 g/mol. The van der Waals surface area contributed by atoms with E-state index in [1.807, 2.05) is 11.4 Å². The second-order valence-corrected chi connectivity index (χ2v) is 7.18. The second-order valence-electron chi connectivity index (χ2n) is 5.93. The van der Waals surface area contributed by atoms with Crippen LogP contribution in [0, 0.1) is 5.92 Å². The number of nitrogens with zero attached hydrogens (tertiary/aromatic N) is 3. The van der Waals surface area contributed by atoms with Crippen molar-refractivity contribution in [2.75, 3.05) is 13.1 Å². The molecule has 3 heterocycles. The van der Waals surface area contributed by atoms with Crippen molar-refractivity contribution in [3.63, 3.8) is 0 Å². The highest BCUT2D eigenvalue weighted by molar-refractivity contribution is 7.16. The van der Waals surface area contributed by atoms with Crippen LogP contribution in [0.3, 0.4) is 0 Å². The minimum absolute atomic E-state index is 0.593. The van der Waals surface area contributed by atoms with Gasteiger partial charge >= 0.3 is 0 Å². The molecule has 5 heteroatoms. The van der Waals surface area contributed by atoms with Crippen LogP contribution in [0.1, 0.15) is 44.9 Å². The maximum absolute atomic E-state index is 6.25. The second kappa shape index (κ2) is 7.03. The van der Waals surface area contributed by atoms with Gasteiger partial charge in [-0.3, -0.25) is 4.90 Å². The molecule has 0 spiro atoms. The molecule has 3 nitrogen and oxygen atoms in total. The van der Waals surface area contributed by atoms with E-state index < -0.39 is 0 Å². The predicted molar refractivity (Wildman–Crippen MR) is 90.0 cm³/mol. The first kappa shape index (κ1) is 15.2. The Hall–Kier alpha value is -0.710. The highest BCUT2D eigenvalue weighted by Gasteiger charge is 2.18. The van der Waals surface area contributed by atoms with Crippen LogP contribution in [0.15, 0.2) is 11.4 Å². The van der Waals surface area contributed by atoms with Crippen molar-refractivity contribution in [1.82, 2.24) is 14.9 Å². The van der Waals surface area contributed by atoms with Crippen molar-refractivity contribution < 1.29 is 0 Å². The molecule has 1 saturated heterocycles. The summed E-state index contributed by atoms with van der Waals surface area (Å²) >= 11 is 7.89. The molecule has 1 unspecified atom stereocenters. The van der Waals surface area contributed by atoms with E-state index >= 15 is 0 Å². The number of fused-ring (bicyclic) bond motifs is 1. The van der Waals surface area contributed by atoms with E-state index in [1.165, 1.54) is 32.1 Å². The number of thiophene rings is 1. The molecule has 0 aliphatic carbocycles. The van der Waals surface area contributed by atoms with Crippen LogP contribution in [0.4, 0.5) is 0 Å². The lowest BCUT2D eigenvalue weighted by molar-refractivity contribution is 0.265. The minimum atomic E-state index is 0.593. The average Bonchev–Trinajstić information content (AvgIpc) is 2.83. The fourth-order valence-corrected chi connectivity index (χ4v) is 4.30. The zero-order valence-corrected chi connectivity index (χ0v) is 14.1. The Morgan fingerprint density at radius 1 is 1.33 bits per heavy atom. The smallest absolute Gasteiger partial charge is 0.145 e. The summed E-state index contributed by atoms with van der Waals surface area (Å²) in [6, 6.07) is 1.99. The first-order chi connectivity index (χ1) is 10.3. The zero-order valence-electron chi connectivity index (χ0n) is 12.5. The number of hydrogen-bond donors (Lipinski definition) is 0. The number of aromatic nitrogens is 2. The van der Waals surface area contributed by atoms with Crippen molar-refractivity contribution in [3.8, 4) is 0 Å². The maximum atomic E-state index is 6.25. The molecule has 1 atom stereocenters. The number of hydrogen-bond acceptors (Lipinski definition) is 4. The first-order valence-electron chi connectivity index (χ1n) is 7.88. The van der Waals surface area contributed by atoms with E-state index in [9.17, 15) is 0 Å². The summed E-state index contributed by atoms with van der Waals surface area (Å²) in [4.78, 5) is 12.6. The summed E-state index contributed by atoms with van der Waals surface area (Å²) < 4.78 is 0. The average molecular weight is 324 g/mol. The Labute approximate surface area is 135 Å². The number of halogens is 1. The lowest BCUT2D eigenvalue weighted by Crippen LogP contribution is -2.25. The molecule has 0 aromatic carbocycles. The van der Waals surface area contributed by atoms with E-state index in [1.54, 1.807) is 11.3 Å². The molecule has 0 saturated carbocycles. The number of rotatable bonds is 4. The molecular formula is C16H22ClN3S. The van der Waals surface area contributed by atoms with Gasteiger partial charge in [-0.25, -0.2) is 9.97 Å². The molecule has 1 aliphatic heterocycles. The Balaban J connectivity index is 1.67. The highest BCUT2D eigenvalue weighted by atomic mass is 35.5. The highest BCUT2D eigenvalue weighted by Crippen LogP contribution is 2.26.